The van der Waals surface area contributed by atoms with Crippen molar-refractivity contribution in [2.45, 2.75) is 65.7 Å². The minimum absolute atomic E-state index is 0.0281. The van der Waals surface area contributed by atoms with Crippen molar-refractivity contribution in [2.75, 3.05) is 0 Å². The highest BCUT2D eigenvalue weighted by Gasteiger charge is 2.26. The zero-order valence-electron chi connectivity index (χ0n) is 20.3. The summed E-state index contributed by atoms with van der Waals surface area (Å²) in [4.78, 5) is 22.2. The SMILES string of the molecule is Cc1cc(C(=O)C2CCC(C)CC2)cc(Cl)c1-c1cncc(-c2ccnc(C(C)(C)C)c2)c1. The Morgan fingerprint density at radius 1 is 0.970 bits per heavy atom. The highest BCUT2D eigenvalue weighted by Crippen LogP contribution is 2.37. The summed E-state index contributed by atoms with van der Waals surface area (Å²) in [7, 11) is 0. The predicted octanol–water partition coefficient (Wildman–Crippen LogP) is 8.08. The highest BCUT2D eigenvalue weighted by atomic mass is 35.5. The molecule has 0 saturated heterocycles. The maximum atomic E-state index is 13.1. The Bertz CT molecular complexity index is 1150. The number of Topliss-reactive ketones (excluding diaryl/α,β-unsaturated/α-hetero) is 1. The Hall–Kier alpha value is -2.52. The van der Waals surface area contributed by atoms with Crippen molar-refractivity contribution >= 4 is 17.4 Å². The second-order valence-corrected chi connectivity index (χ2v) is 11.0. The third kappa shape index (κ3) is 5.19. The Labute approximate surface area is 202 Å². The Morgan fingerprint density at radius 3 is 2.33 bits per heavy atom. The molecule has 0 bridgehead atoms. The number of pyridine rings is 2. The molecule has 0 aliphatic heterocycles. The van der Waals surface area contributed by atoms with Gasteiger partial charge in [-0.25, -0.2) is 0 Å². The van der Waals surface area contributed by atoms with Gasteiger partial charge in [0.1, 0.15) is 0 Å². The van der Waals surface area contributed by atoms with Crippen LogP contribution >= 0.6 is 11.6 Å². The molecule has 1 aromatic carbocycles. The van der Waals surface area contributed by atoms with Crippen molar-refractivity contribution in [1.82, 2.24) is 9.97 Å². The number of hydrogen-bond acceptors (Lipinski definition) is 3. The first kappa shape index (κ1) is 23.6. The molecule has 0 radical (unpaired) electrons. The normalized spacial score (nSPS) is 18.8. The van der Waals surface area contributed by atoms with Crippen LogP contribution in [0.4, 0.5) is 0 Å². The van der Waals surface area contributed by atoms with Gasteiger partial charge in [-0.1, -0.05) is 52.1 Å². The van der Waals surface area contributed by atoms with Crippen LogP contribution in [-0.2, 0) is 5.41 Å². The minimum atomic E-state index is -0.0281. The summed E-state index contributed by atoms with van der Waals surface area (Å²) in [5.41, 5.74) is 6.73. The van der Waals surface area contributed by atoms with E-state index in [1.54, 1.807) is 0 Å². The average Bonchev–Trinajstić information content (AvgIpc) is 2.78. The summed E-state index contributed by atoms with van der Waals surface area (Å²) in [6, 6.07) is 10.1. The smallest absolute Gasteiger partial charge is 0.166 e. The van der Waals surface area contributed by atoms with E-state index in [-0.39, 0.29) is 17.1 Å². The topological polar surface area (TPSA) is 42.9 Å². The lowest BCUT2D eigenvalue weighted by molar-refractivity contribution is 0.0875. The quantitative estimate of drug-likeness (QED) is 0.369. The van der Waals surface area contributed by atoms with E-state index in [0.717, 1.165) is 70.7 Å². The molecule has 1 aliphatic carbocycles. The van der Waals surface area contributed by atoms with E-state index in [0.29, 0.717) is 5.02 Å². The van der Waals surface area contributed by atoms with Gasteiger partial charge in [-0.15, -0.1) is 0 Å². The fourth-order valence-corrected chi connectivity index (χ4v) is 5.14. The van der Waals surface area contributed by atoms with Crippen molar-refractivity contribution in [3.63, 3.8) is 0 Å². The molecule has 0 amide bonds. The second-order valence-electron chi connectivity index (χ2n) is 10.6. The van der Waals surface area contributed by atoms with Crippen LogP contribution in [0.1, 0.15) is 75.0 Å². The summed E-state index contributed by atoms with van der Waals surface area (Å²) in [6.07, 6.45) is 9.79. The molecule has 1 saturated carbocycles. The monoisotopic (exact) mass is 460 g/mol. The summed E-state index contributed by atoms with van der Waals surface area (Å²) < 4.78 is 0. The summed E-state index contributed by atoms with van der Waals surface area (Å²) in [5, 5.41) is 0.603. The van der Waals surface area contributed by atoms with Crippen LogP contribution in [-0.4, -0.2) is 15.8 Å². The van der Waals surface area contributed by atoms with Gasteiger partial charge in [0.25, 0.3) is 0 Å². The third-order valence-electron chi connectivity index (χ3n) is 6.85. The van der Waals surface area contributed by atoms with Gasteiger partial charge in [0, 0.05) is 62.9 Å². The summed E-state index contributed by atoms with van der Waals surface area (Å²) in [5.74, 6) is 1.08. The number of aryl methyl sites for hydroxylation is 1. The molecule has 2 aromatic heterocycles. The van der Waals surface area contributed by atoms with E-state index in [1.165, 1.54) is 0 Å². The average molecular weight is 461 g/mol. The number of aromatic nitrogens is 2. The number of halogens is 1. The van der Waals surface area contributed by atoms with E-state index in [2.05, 4.69) is 49.8 Å². The van der Waals surface area contributed by atoms with Crippen LogP contribution in [0, 0.1) is 18.8 Å². The molecule has 3 aromatic rings. The third-order valence-corrected chi connectivity index (χ3v) is 7.15. The van der Waals surface area contributed by atoms with Gasteiger partial charge < -0.3 is 0 Å². The van der Waals surface area contributed by atoms with Crippen LogP contribution in [0.5, 0.6) is 0 Å². The van der Waals surface area contributed by atoms with Gasteiger partial charge in [-0.3, -0.25) is 14.8 Å². The van der Waals surface area contributed by atoms with Gasteiger partial charge >= 0.3 is 0 Å². The number of ketones is 1. The van der Waals surface area contributed by atoms with Gasteiger partial charge in [-0.05, 0) is 67.1 Å². The standard InChI is InChI=1S/C29H33ClN2O/c1-18-6-8-20(9-7-18)28(33)22-12-19(2)27(25(30)14-22)24-13-23(16-31-17-24)21-10-11-32-26(15-21)29(3,4)5/h10-18,20H,6-9H2,1-5H3. The molecule has 2 heterocycles. The van der Waals surface area contributed by atoms with E-state index in [1.807, 2.05) is 43.7 Å². The largest absolute Gasteiger partial charge is 0.294 e. The molecular weight excluding hydrogens is 428 g/mol. The molecule has 0 spiro atoms. The van der Waals surface area contributed by atoms with Crippen molar-refractivity contribution in [3.8, 4) is 22.3 Å². The van der Waals surface area contributed by atoms with Crippen LogP contribution in [0.15, 0.2) is 48.9 Å². The summed E-state index contributed by atoms with van der Waals surface area (Å²) >= 11 is 6.77. The molecule has 172 valence electrons. The van der Waals surface area contributed by atoms with Gasteiger partial charge in [0.2, 0.25) is 0 Å². The number of rotatable bonds is 4. The lowest BCUT2D eigenvalue weighted by Gasteiger charge is -2.25. The molecular formula is C29H33ClN2O. The first-order chi connectivity index (χ1) is 15.6. The van der Waals surface area contributed by atoms with E-state index >= 15 is 0 Å². The molecule has 1 fully saturated rings. The van der Waals surface area contributed by atoms with Crippen molar-refractivity contribution in [1.29, 1.82) is 0 Å². The maximum Gasteiger partial charge on any atom is 0.166 e. The minimum Gasteiger partial charge on any atom is -0.294 e. The van der Waals surface area contributed by atoms with Crippen LogP contribution in [0.3, 0.4) is 0 Å². The molecule has 0 atom stereocenters. The molecule has 4 heteroatoms. The first-order valence-corrected chi connectivity index (χ1v) is 12.3. The molecule has 3 nitrogen and oxygen atoms in total. The van der Waals surface area contributed by atoms with E-state index < -0.39 is 0 Å². The number of benzene rings is 1. The zero-order valence-corrected chi connectivity index (χ0v) is 21.0. The lowest BCUT2D eigenvalue weighted by atomic mass is 9.79. The maximum absolute atomic E-state index is 13.1. The van der Waals surface area contributed by atoms with Gasteiger partial charge in [0.15, 0.2) is 5.78 Å². The number of carbonyl (C=O) groups excluding carboxylic acids is 1. The molecule has 33 heavy (non-hydrogen) atoms. The van der Waals surface area contributed by atoms with E-state index in [9.17, 15) is 4.79 Å². The Balaban J connectivity index is 1.66. The number of carbonyl (C=O) groups is 1. The van der Waals surface area contributed by atoms with E-state index in [4.69, 9.17) is 11.6 Å². The number of nitrogens with zero attached hydrogens (tertiary/aromatic N) is 2. The van der Waals surface area contributed by atoms with Gasteiger partial charge in [-0.2, -0.15) is 0 Å². The molecule has 0 N–H and O–H groups in total. The van der Waals surface area contributed by atoms with Crippen LogP contribution in [0.25, 0.3) is 22.3 Å². The predicted molar refractivity (Wildman–Crippen MR) is 137 cm³/mol. The van der Waals surface area contributed by atoms with Crippen LogP contribution in [0.2, 0.25) is 5.02 Å². The Kier molecular flexibility index (Phi) is 6.72. The molecule has 4 rings (SSSR count). The number of hydrogen-bond donors (Lipinski definition) is 0. The highest BCUT2D eigenvalue weighted by molar-refractivity contribution is 6.34. The fourth-order valence-electron chi connectivity index (χ4n) is 4.76. The van der Waals surface area contributed by atoms with Gasteiger partial charge in [0.05, 0.1) is 0 Å². The fraction of sp³-hybridized carbons (Fsp3) is 0.414. The van der Waals surface area contributed by atoms with Crippen molar-refractivity contribution in [2.24, 2.45) is 11.8 Å². The molecule has 0 unspecified atom stereocenters. The lowest BCUT2D eigenvalue weighted by Crippen LogP contribution is -2.21. The zero-order chi connectivity index (χ0) is 23.8. The second kappa shape index (κ2) is 9.38. The molecule has 1 aliphatic rings. The van der Waals surface area contributed by atoms with Crippen molar-refractivity contribution < 1.29 is 4.79 Å². The summed E-state index contributed by atoms with van der Waals surface area (Å²) in [6.45, 7) is 10.8. The van der Waals surface area contributed by atoms with Crippen molar-refractivity contribution in [3.05, 3.63) is 70.8 Å². The first-order valence-electron chi connectivity index (χ1n) is 11.9. The Morgan fingerprint density at radius 2 is 1.67 bits per heavy atom. The van der Waals surface area contributed by atoms with Crippen LogP contribution < -0.4 is 0 Å².